The van der Waals surface area contributed by atoms with Crippen molar-refractivity contribution in [2.45, 2.75) is 27.2 Å². The number of anilines is 2. The number of hydrogen-bond donors (Lipinski definition) is 2. The number of aromatic nitrogens is 1. The number of nitrogen functional groups attached to an aromatic ring is 1. The molecule has 18 heavy (non-hydrogen) atoms. The van der Waals surface area contributed by atoms with Crippen LogP contribution in [0.4, 0.5) is 11.4 Å². The highest BCUT2D eigenvalue weighted by Crippen LogP contribution is 2.29. The van der Waals surface area contributed by atoms with Crippen molar-refractivity contribution >= 4 is 22.1 Å². The Labute approximate surface area is 108 Å². The molecule has 0 fully saturated rings. The number of hydrogen-bond acceptors (Lipinski definition) is 3. The van der Waals surface area contributed by atoms with Crippen molar-refractivity contribution in [3.63, 3.8) is 0 Å². The molecule has 3 N–H and O–H groups in total. The molecule has 0 unspecified atom stereocenters. The molecule has 1 aromatic carbocycles. The van der Waals surface area contributed by atoms with E-state index in [4.69, 9.17) is 5.73 Å². The minimum atomic E-state index is 0.277. The van der Waals surface area contributed by atoms with Gasteiger partial charge < -0.3 is 11.1 Å². The first-order chi connectivity index (χ1) is 8.53. The van der Waals surface area contributed by atoms with Crippen LogP contribution in [0.15, 0.2) is 30.6 Å². The van der Waals surface area contributed by atoms with Crippen molar-refractivity contribution in [2.75, 3.05) is 17.6 Å². The summed E-state index contributed by atoms with van der Waals surface area (Å²) >= 11 is 0. The van der Waals surface area contributed by atoms with Gasteiger partial charge in [0.25, 0.3) is 0 Å². The summed E-state index contributed by atoms with van der Waals surface area (Å²) in [5, 5.41) is 5.59. The number of rotatable bonds is 4. The predicted molar refractivity (Wildman–Crippen MR) is 78.7 cm³/mol. The molecule has 0 saturated carbocycles. The van der Waals surface area contributed by atoms with Gasteiger partial charge in [0.1, 0.15) is 0 Å². The second-order valence-electron chi connectivity index (χ2n) is 5.49. The third-order valence-corrected chi connectivity index (χ3v) is 3.58. The Morgan fingerprint density at radius 2 is 2.06 bits per heavy atom. The molecule has 0 atom stereocenters. The third-order valence-electron chi connectivity index (χ3n) is 3.58. The van der Waals surface area contributed by atoms with Crippen LogP contribution in [0.2, 0.25) is 0 Å². The first kappa shape index (κ1) is 12.7. The molecule has 0 amide bonds. The Bertz CT molecular complexity index is 546. The number of nitrogens with two attached hydrogens (primary N) is 1. The first-order valence-corrected chi connectivity index (χ1v) is 6.39. The van der Waals surface area contributed by atoms with Crippen LogP contribution in [-0.2, 0) is 0 Å². The van der Waals surface area contributed by atoms with E-state index in [9.17, 15) is 0 Å². The third kappa shape index (κ3) is 2.55. The van der Waals surface area contributed by atoms with E-state index in [-0.39, 0.29) is 5.41 Å². The van der Waals surface area contributed by atoms with Gasteiger partial charge in [-0.1, -0.05) is 26.8 Å². The van der Waals surface area contributed by atoms with E-state index in [0.29, 0.717) is 0 Å². The lowest BCUT2D eigenvalue weighted by atomic mass is 9.90. The number of nitrogens with one attached hydrogen (secondary N) is 1. The van der Waals surface area contributed by atoms with Gasteiger partial charge in [-0.05, 0) is 24.0 Å². The van der Waals surface area contributed by atoms with E-state index in [1.807, 2.05) is 18.3 Å². The van der Waals surface area contributed by atoms with E-state index >= 15 is 0 Å². The molecule has 2 aromatic rings. The predicted octanol–water partition coefficient (Wildman–Crippen LogP) is 3.67. The lowest BCUT2D eigenvalue weighted by molar-refractivity contribution is 0.377. The molecule has 3 heteroatoms. The molecule has 0 aliphatic heterocycles. The number of nitrogens with zero attached hydrogens (tertiary/aromatic N) is 1. The summed E-state index contributed by atoms with van der Waals surface area (Å²) < 4.78 is 0. The van der Waals surface area contributed by atoms with Crippen molar-refractivity contribution in [2.24, 2.45) is 5.41 Å². The lowest BCUT2D eigenvalue weighted by Gasteiger charge is -2.24. The van der Waals surface area contributed by atoms with E-state index < -0.39 is 0 Å². The topological polar surface area (TPSA) is 50.9 Å². The summed E-state index contributed by atoms with van der Waals surface area (Å²) in [5.74, 6) is 0. The van der Waals surface area contributed by atoms with Gasteiger partial charge in [-0.25, -0.2) is 0 Å². The van der Waals surface area contributed by atoms with Crippen LogP contribution in [0.3, 0.4) is 0 Å². The highest BCUT2D eigenvalue weighted by molar-refractivity contribution is 5.98. The second-order valence-corrected chi connectivity index (χ2v) is 5.49. The number of pyridine rings is 1. The van der Waals surface area contributed by atoms with Crippen LogP contribution < -0.4 is 11.1 Å². The van der Waals surface area contributed by atoms with Gasteiger partial charge in [-0.3, -0.25) is 4.98 Å². The van der Waals surface area contributed by atoms with Gasteiger partial charge in [0, 0.05) is 29.7 Å². The number of fused-ring (bicyclic) bond motifs is 1. The smallest absolute Gasteiger partial charge is 0.0630 e. The van der Waals surface area contributed by atoms with E-state index in [2.05, 4.69) is 37.1 Å². The molecule has 0 radical (unpaired) electrons. The Kier molecular flexibility index (Phi) is 3.41. The molecule has 3 nitrogen and oxygen atoms in total. The van der Waals surface area contributed by atoms with Crippen molar-refractivity contribution in [3.8, 4) is 0 Å². The molecule has 0 saturated heterocycles. The normalized spacial score (nSPS) is 11.7. The fourth-order valence-corrected chi connectivity index (χ4v) is 1.81. The van der Waals surface area contributed by atoms with E-state index in [1.165, 1.54) is 0 Å². The van der Waals surface area contributed by atoms with Crippen LogP contribution in [0.25, 0.3) is 10.8 Å². The molecule has 0 aliphatic carbocycles. The Balaban J connectivity index is 2.27. The molecular formula is C15H21N3. The molecule has 0 aliphatic rings. The van der Waals surface area contributed by atoms with Crippen LogP contribution in [0.1, 0.15) is 27.2 Å². The minimum absolute atomic E-state index is 0.277. The summed E-state index contributed by atoms with van der Waals surface area (Å²) in [6.45, 7) is 7.63. The van der Waals surface area contributed by atoms with Crippen LogP contribution in [-0.4, -0.2) is 11.5 Å². The fourth-order valence-electron chi connectivity index (χ4n) is 1.81. The first-order valence-electron chi connectivity index (χ1n) is 6.39. The van der Waals surface area contributed by atoms with Crippen molar-refractivity contribution < 1.29 is 0 Å². The summed E-state index contributed by atoms with van der Waals surface area (Å²) in [6, 6.07) is 6.05. The highest BCUT2D eigenvalue weighted by Gasteiger charge is 2.15. The van der Waals surface area contributed by atoms with E-state index in [0.717, 1.165) is 35.1 Å². The molecule has 0 spiro atoms. The minimum Gasteiger partial charge on any atom is -0.397 e. The largest absolute Gasteiger partial charge is 0.397 e. The van der Waals surface area contributed by atoms with Crippen LogP contribution >= 0.6 is 0 Å². The maximum absolute atomic E-state index is 6.20. The van der Waals surface area contributed by atoms with Crippen molar-refractivity contribution in [1.82, 2.24) is 4.98 Å². The summed E-state index contributed by atoms with van der Waals surface area (Å²) in [4.78, 5) is 4.11. The molecule has 96 valence electrons. The van der Waals surface area contributed by atoms with Gasteiger partial charge in [0.05, 0.1) is 11.4 Å². The standard InChI is InChI=1S/C15H21N3/c1-4-15(2,3)10-18-13-6-5-11-9-17-8-7-12(11)14(13)16/h5-9,18H,4,10,16H2,1-3H3. The maximum atomic E-state index is 6.20. The highest BCUT2D eigenvalue weighted by atomic mass is 14.9. The summed E-state index contributed by atoms with van der Waals surface area (Å²) in [5.41, 5.74) is 8.29. The van der Waals surface area contributed by atoms with Crippen LogP contribution in [0, 0.1) is 5.41 Å². The molecular weight excluding hydrogens is 222 g/mol. The van der Waals surface area contributed by atoms with Gasteiger partial charge in [-0.15, -0.1) is 0 Å². The molecule has 1 heterocycles. The Morgan fingerprint density at radius 1 is 1.28 bits per heavy atom. The summed E-state index contributed by atoms with van der Waals surface area (Å²) in [6.07, 6.45) is 4.75. The van der Waals surface area contributed by atoms with E-state index in [1.54, 1.807) is 6.20 Å². The van der Waals surface area contributed by atoms with Crippen molar-refractivity contribution in [1.29, 1.82) is 0 Å². The second kappa shape index (κ2) is 4.84. The molecule has 2 rings (SSSR count). The van der Waals surface area contributed by atoms with Crippen molar-refractivity contribution in [3.05, 3.63) is 30.6 Å². The SMILES string of the molecule is CCC(C)(C)CNc1ccc2cnccc2c1N. The monoisotopic (exact) mass is 243 g/mol. The van der Waals surface area contributed by atoms with Gasteiger partial charge in [-0.2, -0.15) is 0 Å². The zero-order valence-corrected chi connectivity index (χ0v) is 11.3. The molecule has 0 bridgehead atoms. The fraction of sp³-hybridized carbons (Fsp3) is 0.400. The Morgan fingerprint density at radius 3 is 2.78 bits per heavy atom. The van der Waals surface area contributed by atoms with Gasteiger partial charge in [0.15, 0.2) is 0 Å². The zero-order valence-electron chi connectivity index (χ0n) is 11.3. The van der Waals surface area contributed by atoms with Crippen LogP contribution in [0.5, 0.6) is 0 Å². The lowest BCUT2D eigenvalue weighted by Crippen LogP contribution is -2.22. The summed E-state index contributed by atoms with van der Waals surface area (Å²) in [7, 11) is 0. The van der Waals surface area contributed by atoms with Gasteiger partial charge in [0.2, 0.25) is 0 Å². The van der Waals surface area contributed by atoms with Gasteiger partial charge >= 0.3 is 0 Å². The average Bonchev–Trinajstić information content (AvgIpc) is 2.38. The zero-order chi connectivity index (χ0) is 13.2. The average molecular weight is 243 g/mol. The number of benzene rings is 1. The Hall–Kier alpha value is -1.77. The quantitative estimate of drug-likeness (QED) is 0.806. The maximum Gasteiger partial charge on any atom is 0.0630 e. The molecule has 1 aromatic heterocycles.